The largest absolute Gasteiger partial charge is 0.496 e. The summed E-state index contributed by atoms with van der Waals surface area (Å²) < 4.78 is 5.48. The lowest BCUT2D eigenvalue weighted by Gasteiger charge is -2.40. The molecule has 0 saturated carbocycles. The highest BCUT2D eigenvalue weighted by atomic mass is 16.5. The average molecular weight is 362 g/mol. The summed E-state index contributed by atoms with van der Waals surface area (Å²) >= 11 is 0. The Labute approximate surface area is 160 Å². The van der Waals surface area contributed by atoms with Gasteiger partial charge in [0.25, 0.3) is 0 Å². The first-order valence-electron chi connectivity index (χ1n) is 9.47. The molecule has 2 heterocycles. The predicted octanol–water partition coefficient (Wildman–Crippen LogP) is 3.89. The van der Waals surface area contributed by atoms with Crippen LogP contribution in [0.5, 0.6) is 5.75 Å². The summed E-state index contributed by atoms with van der Waals surface area (Å²) in [6, 6.07) is 14.5. The molecule has 2 aliphatic rings. The molecule has 0 bridgehead atoms. The zero-order valence-corrected chi connectivity index (χ0v) is 16.4. The molecule has 4 nitrogen and oxygen atoms in total. The van der Waals surface area contributed by atoms with E-state index >= 15 is 0 Å². The van der Waals surface area contributed by atoms with Crippen LogP contribution in [0.25, 0.3) is 6.08 Å². The number of nitrogens with zero attached hydrogens (tertiary/aromatic N) is 1. The van der Waals surface area contributed by atoms with Crippen LogP contribution in [0.3, 0.4) is 0 Å². The van der Waals surface area contributed by atoms with Gasteiger partial charge in [0.15, 0.2) is 0 Å². The Bertz CT molecular complexity index is 932. The Hall–Kier alpha value is -2.75. The molecule has 1 N–H and O–H groups in total. The first-order valence-corrected chi connectivity index (χ1v) is 9.47. The van der Waals surface area contributed by atoms with Crippen molar-refractivity contribution in [1.29, 1.82) is 0 Å². The number of benzene rings is 2. The lowest BCUT2D eigenvalue weighted by molar-refractivity contribution is -0.118. The quantitative estimate of drug-likeness (QED) is 0.897. The highest BCUT2D eigenvalue weighted by Gasteiger charge is 2.59. The zero-order valence-electron chi connectivity index (χ0n) is 16.4. The van der Waals surface area contributed by atoms with Crippen LogP contribution in [-0.4, -0.2) is 25.2 Å². The molecule has 0 radical (unpaired) electrons. The van der Waals surface area contributed by atoms with Gasteiger partial charge in [-0.2, -0.15) is 0 Å². The number of hydrogen-bond donors (Lipinski definition) is 1. The smallest absolute Gasteiger partial charge is 0.241 e. The molecular formula is C23H26N2O2. The first-order chi connectivity index (χ1) is 12.9. The van der Waals surface area contributed by atoms with Crippen molar-refractivity contribution in [2.45, 2.75) is 38.3 Å². The maximum absolute atomic E-state index is 12.4. The van der Waals surface area contributed by atoms with Gasteiger partial charge in [-0.3, -0.25) is 4.79 Å². The monoisotopic (exact) mass is 362 g/mol. The number of carbonyl (C=O) groups excluding carboxylic acids is 1. The summed E-state index contributed by atoms with van der Waals surface area (Å²) in [5.41, 5.74) is 3.89. The van der Waals surface area contributed by atoms with Gasteiger partial charge in [-0.15, -0.1) is 0 Å². The fourth-order valence-electron chi connectivity index (χ4n) is 4.46. The zero-order chi connectivity index (χ0) is 19.2. The van der Waals surface area contributed by atoms with E-state index in [-0.39, 0.29) is 11.3 Å². The van der Waals surface area contributed by atoms with E-state index in [1.165, 1.54) is 11.1 Å². The van der Waals surface area contributed by atoms with Crippen molar-refractivity contribution in [2.24, 2.45) is 0 Å². The number of rotatable bonds is 4. The van der Waals surface area contributed by atoms with Gasteiger partial charge in [-0.1, -0.05) is 57.2 Å². The van der Waals surface area contributed by atoms with Gasteiger partial charge >= 0.3 is 0 Å². The molecule has 0 aliphatic carbocycles. The molecule has 140 valence electrons. The van der Waals surface area contributed by atoms with Crippen LogP contribution in [-0.2, 0) is 16.6 Å². The molecule has 2 aromatic carbocycles. The van der Waals surface area contributed by atoms with E-state index in [0.717, 1.165) is 23.4 Å². The summed E-state index contributed by atoms with van der Waals surface area (Å²) in [7, 11) is 1.68. The topological polar surface area (TPSA) is 41.6 Å². The molecule has 4 rings (SSSR count). The summed E-state index contributed by atoms with van der Waals surface area (Å²) in [4.78, 5) is 14.6. The molecule has 1 saturated heterocycles. The molecule has 1 atom stereocenters. The van der Waals surface area contributed by atoms with Crippen molar-refractivity contribution < 1.29 is 9.53 Å². The van der Waals surface area contributed by atoms with Crippen molar-refractivity contribution >= 4 is 17.7 Å². The maximum atomic E-state index is 12.4. The maximum Gasteiger partial charge on any atom is 0.241 e. The summed E-state index contributed by atoms with van der Waals surface area (Å²) in [5.74, 6) is 0.876. The molecule has 27 heavy (non-hydrogen) atoms. The van der Waals surface area contributed by atoms with Gasteiger partial charge in [0.1, 0.15) is 11.4 Å². The molecule has 1 amide bonds. The number of anilines is 1. The van der Waals surface area contributed by atoms with Gasteiger partial charge in [0.2, 0.25) is 5.91 Å². The molecule has 0 unspecified atom stereocenters. The fourth-order valence-corrected chi connectivity index (χ4v) is 4.46. The molecule has 4 heteroatoms. The van der Waals surface area contributed by atoms with E-state index in [1.54, 1.807) is 7.11 Å². The third-order valence-corrected chi connectivity index (χ3v) is 6.09. The molecule has 0 aromatic heterocycles. The van der Waals surface area contributed by atoms with Gasteiger partial charge in [0.05, 0.1) is 13.7 Å². The van der Waals surface area contributed by atoms with E-state index in [9.17, 15) is 4.79 Å². The minimum atomic E-state index is -0.584. The average Bonchev–Trinajstić information content (AvgIpc) is 3.10. The normalized spacial score (nSPS) is 22.7. The Morgan fingerprint density at radius 3 is 2.74 bits per heavy atom. The molecular weight excluding hydrogens is 336 g/mol. The number of methoxy groups -OCH3 is 1. The number of para-hydroxylation sites is 1. The number of carbonyl (C=O) groups is 1. The van der Waals surface area contributed by atoms with Crippen molar-refractivity contribution in [2.75, 3.05) is 18.6 Å². The Kier molecular flexibility index (Phi) is 4.02. The standard InChI is InChI=1S/C23H26N2O2/c1-5-16-10-11-19-18(14-16)22(2,3)23(24-21(26)15-25(19)23)13-12-17-8-6-7-9-20(17)27-4/h6-14H,5,15H2,1-4H3,(H,24,26)/t23-/m0/s1. The van der Waals surface area contributed by atoms with Crippen LogP contribution in [0.15, 0.2) is 48.5 Å². The van der Waals surface area contributed by atoms with Gasteiger partial charge in [-0.05, 0) is 35.8 Å². The van der Waals surface area contributed by atoms with Crippen LogP contribution >= 0.6 is 0 Å². The van der Waals surface area contributed by atoms with Crippen molar-refractivity contribution in [3.63, 3.8) is 0 Å². The minimum absolute atomic E-state index is 0.0537. The highest BCUT2D eigenvalue weighted by Crippen LogP contribution is 2.53. The number of ether oxygens (including phenoxy) is 1. The van der Waals surface area contributed by atoms with E-state index < -0.39 is 5.66 Å². The highest BCUT2D eigenvalue weighted by molar-refractivity contribution is 5.91. The Balaban J connectivity index is 1.84. The number of fused-ring (bicyclic) bond motifs is 3. The van der Waals surface area contributed by atoms with Crippen LogP contribution in [0.1, 0.15) is 37.5 Å². The van der Waals surface area contributed by atoms with Gasteiger partial charge in [-0.25, -0.2) is 0 Å². The molecule has 2 aromatic rings. The first kappa shape index (κ1) is 17.7. The van der Waals surface area contributed by atoms with Crippen LogP contribution in [0.4, 0.5) is 5.69 Å². The van der Waals surface area contributed by atoms with E-state index in [4.69, 9.17) is 4.74 Å². The molecule has 1 fully saturated rings. The summed E-state index contributed by atoms with van der Waals surface area (Å²) in [6.45, 7) is 6.97. The number of amides is 1. The number of nitrogens with one attached hydrogen (secondary N) is 1. The van der Waals surface area contributed by atoms with Crippen LogP contribution in [0, 0.1) is 0 Å². The van der Waals surface area contributed by atoms with Gasteiger partial charge < -0.3 is 15.0 Å². The predicted molar refractivity (Wildman–Crippen MR) is 109 cm³/mol. The number of aryl methyl sites for hydroxylation is 1. The van der Waals surface area contributed by atoms with E-state index in [0.29, 0.717) is 6.54 Å². The van der Waals surface area contributed by atoms with E-state index in [1.807, 2.05) is 24.3 Å². The minimum Gasteiger partial charge on any atom is -0.496 e. The third-order valence-electron chi connectivity index (χ3n) is 6.09. The second kappa shape index (κ2) is 6.15. The van der Waals surface area contributed by atoms with Crippen LogP contribution < -0.4 is 15.0 Å². The lowest BCUT2D eigenvalue weighted by atomic mass is 9.75. The fraction of sp³-hybridized carbons (Fsp3) is 0.348. The third kappa shape index (κ3) is 2.47. The van der Waals surface area contributed by atoms with Crippen molar-refractivity contribution in [1.82, 2.24) is 5.32 Å². The Morgan fingerprint density at radius 2 is 2.00 bits per heavy atom. The lowest BCUT2D eigenvalue weighted by Crippen LogP contribution is -2.58. The SMILES string of the molecule is CCc1ccc2c(c1)C(C)(C)[C@@]1(C=Cc3ccccc3OC)NC(=O)CN21. The van der Waals surface area contributed by atoms with Crippen molar-refractivity contribution in [3.8, 4) is 5.75 Å². The number of hydrogen-bond acceptors (Lipinski definition) is 3. The molecule has 2 aliphatic heterocycles. The van der Waals surface area contributed by atoms with Gasteiger partial charge in [0, 0.05) is 16.7 Å². The summed E-state index contributed by atoms with van der Waals surface area (Å²) in [6.07, 6.45) is 5.19. The van der Waals surface area contributed by atoms with Crippen molar-refractivity contribution in [3.05, 3.63) is 65.2 Å². The second-order valence-electron chi connectivity index (χ2n) is 7.81. The second-order valence-corrected chi connectivity index (χ2v) is 7.81. The molecule has 0 spiro atoms. The van der Waals surface area contributed by atoms with Crippen LogP contribution in [0.2, 0.25) is 0 Å². The Morgan fingerprint density at radius 1 is 1.22 bits per heavy atom. The summed E-state index contributed by atoms with van der Waals surface area (Å²) in [5, 5.41) is 3.27. The van der Waals surface area contributed by atoms with E-state index in [2.05, 4.69) is 61.3 Å².